The standard InChI is InChI=1S/C26H36N2O6/c1-25(2,3)33-23(29)21(18-10-12-28(15-18)24(30)34-26(4,5)6)14-17-7-8-22-20(13-17)19(16-32-22)9-11-27-31/h7-8,11,13,16,18,21,31H,9-10,12,14-15H2,1-6H3/b27-11+/t18-,21-/m0/s1. The molecule has 1 fully saturated rings. The number of esters is 1. The van der Waals surface area contributed by atoms with Crippen LogP contribution in [0.15, 0.2) is 34.0 Å². The number of oxime groups is 1. The van der Waals surface area contributed by atoms with Gasteiger partial charge in [-0.15, -0.1) is 5.16 Å². The minimum absolute atomic E-state index is 0.0385. The van der Waals surface area contributed by atoms with E-state index in [0.717, 1.165) is 22.1 Å². The lowest BCUT2D eigenvalue weighted by Crippen LogP contribution is -2.38. The van der Waals surface area contributed by atoms with Gasteiger partial charge in [0.15, 0.2) is 0 Å². The molecule has 2 aromatic rings. The van der Waals surface area contributed by atoms with Gasteiger partial charge < -0.3 is 24.0 Å². The maximum Gasteiger partial charge on any atom is 0.410 e. The summed E-state index contributed by atoms with van der Waals surface area (Å²) in [4.78, 5) is 27.5. The summed E-state index contributed by atoms with van der Waals surface area (Å²) in [5.41, 5.74) is 1.43. The number of carbonyl (C=O) groups excluding carboxylic acids is 2. The summed E-state index contributed by atoms with van der Waals surface area (Å²) < 4.78 is 16.9. The molecule has 1 aromatic carbocycles. The number of fused-ring (bicyclic) bond motifs is 1. The van der Waals surface area contributed by atoms with Gasteiger partial charge in [-0.1, -0.05) is 6.07 Å². The second kappa shape index (κ2) is 10.1. The molecule has 0 spiro atoms. The Morgan fingerprint density at radius 2 is 1.91 bits per heavy atom. The lowest BCUT2D eigenvalue weighted by Gasteiger charge is -2.28. The Bertz CT molecular complexity index is 1040. The van der Waals surface area contributed by atoms with Crippen molar-refractivity contribution in [2.24, 2.45) is 17.0 Å². The number of amides is 1. The molecule has 1 aliphatic rings. The first-order valence-corrected chi connectivity index (χ1v) is 11.7. The van der Waals surface area contributed by atoms with E-state index in [1.807, 2.05) is 59.7 Å². The molecule has 1 aliphatic heterocycles. The van der Waals surface area contributed by atoms with Gasteiger partial charge in [0.25, 0.3) is 0 Å². The molecule has 0 bridgehead atoms. The second-order valence-corrected chi connectivity index (χ2v) is 10.9. The molecule has 1 N–H and O–H groups in total. The van der Waals surface area contributed by atoms with Gasteiger partial charge in [-0.3, -0.25) is 4.79 Å². The largest absolute Gasteiger partial charge is 0.464 e. The van der Waals surface area contributed by atoms with Crippen LogP contribution in [0.5, 0.6) is 0 Å². The molecule has 0 saturated carbocycles. The van der Waals surface area contributed by atoms with Crippen molar-refractivity contribution in [2.75, 3.05) is 13.1 Å². The topological polar surface area (TPSA) is 102 Å². The van der Waals surface area contributed by atoms with Crippen LogP contribution >= 0.6 is 0 Å². The molecule has 1 saturated heterocycles. The van der Waals surface area contributed by atoms with E-state index in [4.69, 9.17) is 19.1 Å². The highest BCUT2D eigenvalue weighted by atomic mass is 16.6. The highest BCUT2D eigenvalue weighted by Crippen LogP contribution is 2.32. The molecule has 8 nitrogen and oxygen atoms in total. The Morgan fingerprint density at radius 3 is 2.56 bits per heavy atom. The van der Waals surface area contributed by atoms with E-state index in [9.17, 15) is 9.59 Å². The van der Waals surface area contributed by atoms with Crippen LogP contribution in [-0.2, 0) is 27.1 Å². The van der Waals surface area contributed by atoms with Gasteiger partial charge in [0.1, 0.15) is 16.8 Å². The summed E-state index contributed by atoms with van der Waals surface area (Å²) >= 11 is 0. The SMILES string of the molecule is CC(C)(C)OC(=O)[C@@H](Cc1ccc2occ(C/C=N/O)c2c1)[C@H]1CCN(C(=O)OC(C)(C)C)C1. The van der Waals surface area contributed by atoms with E-state index in [1.165, 1.54) is 6.21 Å². The van der Waals surface area contributed by atoms with Crippen LogP contribution < -0.4 is 0 Å². The predicted molar refractivity (Wildman–Crippen MR) is 129 cm³/mol. The third-order valence-electron chi connectivity index (χ3n) is 5.72. The van der Waals surface area contributed by atoms with E-state index in [0.29, 0.717) is 32.4 Å². The average Bonchev–Trinajstić information content (AvgIpc) is 3.35. The summed E-state index contributed by atoms with van der Waals surface area (Å²) in [5.74, 6) is -0.703. The molecular weight excluding hydrogens is 436 g/mol. The van der Waals surface area contributed by atoms with Crippen molar-refractivity contribution in [2.45, 2.75) is 72.0 Å². The van der Waals surface area contributed by atoms with Gasteiger partial charge in [-0.05, 0) is 78.0 Å². The summed E-state index contributed by atoms with van der Waals surface area (Å²) in [6.45, 7) is 12.1. The smallest absolute Gasteiger partial charge is 0.410 e. The van der Waals surface area contributed by atoms with Gasteiger partial charge in [0, 0.05) is 36.7 Å². The number of ether oxygens (including phenoxy) is 2. The molecule has 186 valence electrons. The lowest BCUT2D eigenvalue weighted by atomic mass is 9.85. The lowest BCUT2D eigenvalue weighted by molar-refractivity contribution is -0.161. The fourth-order valence-electron chi connectivity index (χ4n) is 4.24. The highest BCUT2D eigenvalue weighted by Gasteiger charge is 2.39. The van der Waals surface area contributed by atoms with Gasteiger partial charge in [0.2, 0.25) is 0 Å². The molecule has 8 heteroatoms. The number of rotatable bonds is 6. The average molecular weight is 473 g/mol. The summed E-state index contributed by atoms with van der Waals surface area (Å²) in [7, 11) is 0. The number of hydrogen-bond acceptors (Lipinski definition) is 7. The number of furan rings is 1. The Hall–Kier alpha value is -3.03. The number of benzene rings is 1. The molecule has 34 heavy (non-hydrogen) atoms. The van der Waals surface area contributed by atoms with E-state index in [1.54, 1.807) is 11.2 Å². The first kappa shape index (κ1) is 25.6. The van der Waals surface area contributed by atoms with E-state index < -0.39 is 17.1 Å². The Morgan fingerprint density at radius 1 is 1.21 bits per heavy atom. The zero-order valence-corrected chi connectivity index (χ0v) is 21.0. The molecule has 0 aliphatic carbocycles. The van der Waals surface area contributed by atoms with Crippen LogP contribution in [-0.4, -0.2) is 52.7 Å². The zero-order chi connectivity index (χ0) is 25.1. The molecule has 2 atom stereocenters. The van der Waals surface area contributed by atoms with E-state index in [2.05, 4.69) is 5.16 Å². The third kappa shape index (κ3) is 6.74. The van der Waals surface area contributed by atoms with Gasteiger partial charge in [-0.25, -0.2) is 4.79 Å². The van der Waals surface area contributed by atoms with Crippen molar-refractivity contribution in [3.05, 3.63) is 35.6 Å². The molecular formula is C26H36N2O6. The van der Waals surface area contributed by atoms with Crippen molar-refractivity contribution in [3.8, 4) is 0 Å². The number of hydrogen-bond donors (Lipinski definition) is 1. The predicted octanol–water partition coefficient (Wildman–Crippen LogP) is 5.19. The molecule has 1 amide bonds. The molecule has 2 heterocycles. The quantitative estimate of drug-likeness (QED) is 0.269. The summed E-state index contributed by atoms with van der Waals surface area (Å²) in [6.07, 6.45) is 4.33. The van der Waals surface area contributed by atoms with E-state index in [-0.39, 0.29) is 18.0 Å². The summed E-state index contributed by atoms with van der Waals surface area (Å²) in [6, 6.07) is 5.85. The molecule has 3 rings (SSSR count). The molecule has 0 unspecified atom stereocenters. The normalized spacial score (nSPS) is 17.9. The Labute approximate surface area is 200 Å². The third-order valence-corrected chi connectivity index (χ3v) is 5.72. The molecule has 0 radical (unpaired) electrons. The number of carbonyl (C=O) groups is 2. The van der Waals surface area contributed by atoms with Crippen LogP contribution in [0.2, 0.25) is 0 Å². The van der Waals surface area contributed by atoms with Crippen LogP contribution in [0, 0.1) is 11.8 Å². The fraction of sp³-hybridized carbons (Fsp3) is 0.577. The van der Waals surface area contributed by atoms with Crippen LogP contribution in [0.1, 0.15) is 59.1 Å². The van der Waals surface area contributed by atoms with Gasteiger partial charge in [-0.2, -0.15) is 0 Å². The van der Waals surface area contributed by atoms with Crippen molar-refractivity contribution >= 4 is 29.2 Å². The molecule has 1 aromatic heterocycles. The Kier molecular flexibility index (Phi) is 7.58. The Balaban J connectivity index is 1.83. The van der Waals surface area contributed by atoms with Crippen molar-refractivity contribution in [1.82, 2.24) is 4.90 Å². The highest BCUT2D eigenvalue weighted by molar-refractivity contribution is 5.84. The first-order valence-electron chi connectivity index (χ1n) is 11.7. The van der Waals surface area contributed by atoms with Crippen molar-refractivity contribution in [1.29, 1.82) is 0 Å². The maximum absolute atomic E-state index is 13.3. The van der Waals surface area contributed by atoms with Crippen LogP contribution in [0.4, 0.5) is 4.79 Å². The minimum atomic E-state index is -0.607. The minimum Gasteiger partial charge on any atom is -0.464 e. The summed E-state index contributed by atoms with van der Waals surface area (Å²) in [5, 5.41) is 12.7. The van der Waals surface area contributed by atoms with Crippen molar-refractivity contribution < 1.29 is 28.7 Å². The zero-order valence-electron chi connectivity index (χ0n) is 21.0. The first-order chi connectivity index (χ1) is 15.9. The fourth-order valence-corrected chi connectivity index (χ4v) is 4.24. The van der Waals surface area contributed by atoms with E-state index >= 15 is 0 Å². The number of likely N-dealkylation sites (tertiary alicyclic amines) is 1. The monoisotopic (exact) mass is 472 g/mol. The maximum atomic E-state index is 13.3. The second-order valence-electron chi connectivity index (χ2n) is 10.9. The van der Waals surface area contributed by atoms with Crippen molar-refractivity contribution in [3.63, 3.8) is 0 Å². The van der Waals surface area contributed by atoms with Gasteiger partial charge in [0.05, 0.1) is 12.2 Å². The van der Waals surface area contributed by atoms with Crippen LogP contribution in [0.3, 0.4) is 0 Å². The van der Waals surface area contributed by atoms with Gasteiger partial charge >= 0.3 is 12.1 Å². The van der Waals surface area contributed by atoms with Crippen LogP contribution in [0.25, 0.3) is 11.0 Å². The number of nitrogens with zero attached hydrogens (tertiary/aromatic N) is 2.